The van der Waals surface area contributed by atoms with Crippen LogP contribution >= 0.6 is 11.3 Å². The van der Waals surface area contributed by atoms with Crippen molar-refractivity contribution in [3.8, 4) is 0 Å². The Hall–Kier alpha value is -1.14. The van der Waals surface area contributed by atoms with Crippen molar-refractivity contribution in [1.29, 1.82) is 0 Å². The van der Waals surface area contributed by atoms with Crippen molar-refractivity contribution in [1.82, 2.24) is 14.8 Å². The maximum Gasteiger partial charge on any atom is 0.273 e. The molecule has 2 rings (SSSR count). The zero-order chi connectivity index (χ0) is 14.7. The third-order valence-corrected chi connectivity index (χ3v) is 4.74. The van der Waals surface area contributed by atoms with E-state index in [4.69, 9.17) is 5.73 Å². The SMILES string of the molecule is CC(C)N(C)CC1CCN(C(=O)c2csc(N)n2)CC1. The number of thiazole rings is 1. The summed E-state index contributed by atoms with van der Waals surface area (Å²) in [4.78, 5) is 20.6. The van der Waals surface area contributed by atoms with Crippen LogP contribution in [0.1, 0.15) is 37.2 Å². The molecule has 2 heterocycles. The number of nitrogens with two attached hydrogens (primary N) is 1. The Morgan fingerprint density at radius 3 is 2.70 bits per heavy atom. The minimum absolute atomic E-state index is 0.0219. The van der Waals surface area contributed by atoms with Gasteiger partial charge in [-0.3, -0.25) is 4.79 Å². The van der Waals surface area contributed by atoms with Crippen LogP contribution in [0.5, 0.6) is 0 Å². The van der Waals surface area contributed by atoms with Crippen molar-refractivity contribution < 1.29 is 4.79 Å². The molecule has 20 heavy (non-hydrogen) atoms. The Kier molecular flexibility index (Phi) is 4.99. The number of rotatable bonds is 4. The summed E-state index contributed by atoms with van der Waals surface area (Å²) in [5.41, 5.74) is 6.07. The summed E-state index contributed by atoms with van der Waals surface area (Å²) < 4.78 is 0. The van der Waals surface area contributed by atoms with E-state index in [1.807, 2.05) is 4.90 Å². The number of nitrogen functional groups attached to an aromatic ring is 1. The van der Waals surface area contributed by atoms with Gasteiger partial charge >= 0.3 is 0 Å². The third-order valence-electron chi connectivity index (χ3n) is 4.07. The van der Waals surface area contributed by atoms with Gasteiger partial charge < -0.3 is 15.5 Å². The Labute approximate surface area is 124 Å². The Balaban J connectivity index is 1.83. The number of aromatic nitrogens is 1. The molecule has 0 unspecified atom stereocenters. The van der Waals surface area contributed by atoms with Crippen LogP contribution < -0.4 is 5.73 Å². The van der Waals surface area contributed by atoms with Crippen molar-refractivity contribution in [3.63, 3.8) is 0 Å². The molecule has 1 fully saturated rings. The predicted octanol–water partition coefficient (Wildman–Crippen LogP) is 1.92. The summed E-state index contributed by atoms with van der Waals surface area (Å²) in [5.74, 6) is 0.709. The van der Waals surface area contributed by atoms with Gasteiger partial charge in [0.25, 0.3) is 5.91 Å². The zero-order valence-electron chi connectivity index (χ0n) is 12.5. The van der Waals surface area contributed by atoms with Gasteiger partial charge in [-0.05, 0) is 39.7 Å². The monoisotopic (exact) mass is 296 g/mol. The number of hydrogen-bond donors (Lipinski definition) is 1. The molecule has 1 aromatic rings. The Morgan fingerprint density at radius 1 is 1.55 bits per heavy atom. The summed E-state index contributed by atoms with van der Waals surface area (Å²) in [6.07, 6.45) is 2.14. The van der Waals surface area contributed by atoms with Gasteiger partial charge in [0.15, 0.2) is 5.13 Å². The molecule has 1 saturated heterocycles. The fraction of sp³-hybridized carbons (Fsp3) is 0.714. The maximum absolute atomic E-state index is 12.3. The fourth-order valence-electron chi connectivity index (χ4n) is 2.48. The van der Waals surface area contributed by atoms with Crippen molar-refractivity contribution in [2.24, 2.45) is 5.92 Å². The first-order valence-electron chi connectivity index (χ1n) is 7.18. The molecule has 0 radical (unpaired) electrons. The molecule has 0 bridgehead atoms. The average molecular weight is 296 g/mol. The highest BCUT2D eigenvalue weighted by Crippen LogP contribution is 2.21. The lowest BCUT2D eigenvalue weighted by atomic mass is 9.95. The number of amides is 1. The number of likely N-dealkylation sites (tertiary alicyclic amines) is 1. The lowest BCUT2D eigenvalue weighted by Gasteiger charge is -2.34. The summed E-state index contributed by atoms with van der Waals surface area (Å²) in [6, 6.07) is 0.577. The van der Waals surface area contributed by atoms with Crippen molar-refractivity contribution in [2.45, 2.75) is 32.7 Å². The second-order valence-corrected chi connectivity index (χ2v) is 6.73. The van der Waals surface area contributed by atoms with Gasteiger partial charge in [-0.2, -0.15) is 0 Å². The molecule has 6 heteroatoms. The molecule has 0 aliphatic carbocycles. The molecular formula is C14H24N4OS. The molecule has 112 valence electrons. The molecule has 2 N–H and O–H groups in total. The average Bonchev–Trinajstić information content (AvgIpc) is 2.85. The van der Waals surface area contributed by atoms with E-state index >= 15 is 0 Å². The van der Waals surface area contributed by atoms with Crippen molar-refractivity contribution in [3.05, 3.63) is 11.1 Å². The summed E-state index contributed by atoms with van der Waals surface area (Å²) >= 11 is 1.32. The molecular weight excluding hydrogens is 272 g/mol. The normalized spacial score (nSPS) is 17.1. The van der Waals surface area contributed by atoms with Gasteiger partial charge in [0, 0.05) is 31.1 Å². The lowest BCUT2D eigenvalue weighted by molar-refractivity contribution is 0.0661. The van der Waals surface area contributed by atoms with E-state index in [1.54, 1.807) is 5.38 Å². The van der Waals surface area contributed by atoms with Gasteiger partial charge in [0.1, 0.15) is 5.69 Å². The number of nitrogens with zero attached hydrogens (tertiary/aromatic N) is 3. The van der Waals surface area contributed by atoms with Crippen LogP contribution in [0, 0.1) is 5.92 Å². The molecule has 0 aromatic carbocycles. The largest absolute Gasteiger partial charge is 0.375 e. The quantitative estimate of drug-likeness (QED) is 0.922. The standard InChI is InChI=1S/C14H24N4OS/c1-10(2)17(3)8-11-4-6-18(7-5-11)13(19)12-9-20-14(15)16-12/h9-11H,4-8H2,1-3H3,(H2,15,16). The highest BCUT2D eigenvalue weighted by molar-refractivity contribution is 7.13. The number of carbonyl (C=O) groups excluding carboxylic acids is 1. The number of carbonyl (C=O) groups is 1. The minimum Gasteiger partial charge on any atom is -0.375 e. The maximum atomic E-state index is 12.3. The van der Waals surface area contributed by atoms with E-state index in [2.05, 4.69) is 30.8 Å². The van der Waals surface area contributed by atoms with Crippen LogP contribution in [0.2, 0.25) is 0 Å². The molecule has 1 aromatic heterocycles. The van der Waals surface area contributed by atoms with E-state index in [-0.39, 0.29) is 5.91 Å². The van der Waals surface area contributed by atoms with Gasteiger partial charge in [0.05, 0.1) is 0 Å². The van der Waals surface area contributed by atoms with E-state index in [0.717, 1.165) is 32.5 Å². The summed E-state index contributed by atoms with van der Waals surface area (Å²) in [5, 5.41) is 2.21. The predicted molar refractivity (Wildman–Crippen MR) is 82.9 cm³/mol. The fourth-order valence-corrected chi connectivity index (χ4v) is 3.02. The van der Waals surface area contributed by atoms with Crippen LogP contribution in [0.15, 0.2) is 5.38 Å². The van der Waals surface area contributed by atoms with Gasteiger partial charge in [-0.1, -0.05) is 0 Å². The molecule has 0 spiro atoms. The molecule has 5 nitrogen and oxygen atoms in total. The Morgan fingerprint density at radius 2 is 2.20 bits per heavy atom. The molecule has 1 amide bonds. The van der Waals surface area contributed by atoms with E-state index in [1.165, 1.54) is 11.3 Å². The third kappa shape index (κ3) is 3.70. The highest BCUT2D eigenvalue weighted by atomic mass is 32.1. The van der Waals surface area contributed by atoms with E-state index < -0.39 is 0 Å². The molecule has 0 atom stereocenters. The minimum atomic E-state index is 0.0219. The smallest absolute Gasteiger partial charge is 0.273 e. The van der Waals surface area contributed by atoms with Crippen LogP contribution in [0.3, 0.4) is 0 Å². The zero-order valence-corrected chi connectivity index (χ0v) is 13.3. The topological polar surface area (TPSA) is 62.5 Å². The van der Waals surface area contributed by atoms with E-state index in [9.17, 15) is 4.79 Å². The summed E-state index contributed by atoms with van der Waals surface area (Å²) in [7, 11) is 2.17. The first-order valence-corrected chi connectivity index (χ1v) is 8.06. The van der Waals surface area contributed by atoms with Crippen LogP contribution in [-0.2, 0) is 0 Å². The number of anilines is 1. The van der Waals surface area contributed by atoms with Crippen LogP contribution in [0.25, 0.3) is 0 Å². The van der Waals surface area contributed by atoms with E-state index in [0.29, 0.717) is 22.8 Å². The molecule has 0 saturated carbocycles. The van der Waals surface area contributed by atoms with Crippen molar-refractivity contribution >= 4 is 22.4 Å². The number of hydrogen-bond acceptors (Lipinski definition) is 5. The first-order chi connectivity index (χ1) is 9.47. The summed E-state index contributed by atoms with van der Waals surface area (Å²) in [6.45, 7) is 7.19. The highest BCUT2D eigenvalue weighted by Gasteiger charge is 2.25. The van der Waals surface area contributed by atoms with Crippen LogP contribution in [0.4, 0.5) is 5.13 Å². The van der Waals surface area contributed by atoms with Crippen molar-refractivity contribution in [2.75, 3.05) is 32.4 Å². The molecule has 1 aliphatic rings. The lowest BCUT2D eigenvalue weighted by Crippen LogP contribution is -2.42. The first kappa shape index (κ1) is 15.3. The Bertz CT molecular complexity index is 452. The van der Waals surface area contributed by atoms with Gasteiger partial charge in [-0.15, -0.1) is 11.3 Å². The van der Waals surface area contributed by atoms with Gasteiger partial charge in [-0.25, -0.2) is 4.98 Å². The second kappa shape index (κ2) is 6.54. The second-order valence-electron chi connectivity index (χ2n) is 5.84. The number of piperidine rings is 1. The molecule has 1 aliphatic heterocycles. The van der Waals surface area contributed by atoms with Gasteiger partial charge in [0.2, 0.25) is 0 Å². The van der Waals surface area contributed by atoms with Crippen LogP contribution in [-0.4, -0.2) is 53.4 Å².